The van der Waals surface area contributed by atoms with Crippen LogP contribution in [-0.4, -0.2) is 37.7 Å². The summed E-state index contributed by atoms with van der Waals surface area (Å²) in [4.78, 5) is 35.3. The number of carbonyl (C=O) groups excluding carboxylic acids is 1. The van der Waals surface area contributed by atoms with Crippen LogP contribution in [-0.2, 0) is 6.18 Å². The second-order valence-corrected chi connectivity index (χ2v) is 8.47. The van der Waals surface area contributed by atoms with Crippen molar-refractivity contribution in [2.24, 2.45) is 0 Å². The second kappa shape index (κ2) is 10.1. The number of carbonyl (C=O) groups is 1. The number of aromatic nitrogens is 5. The van der Waals surface area contributed by atoms with Crippen molar-refractivity contribution >= 4 is 40.2 Å². The Balaban J connectivity index is 1.42. The highest BCUT2D eigenvalue weighted by Crippen LogP contribution is 2.36. The van der Waals surface area contributed by atoms with Crippen LogP contribution in [0.4, 0.5) is 24.8 Å². The number of nitrogens with one attached hydrogen (secondary N) is 3. The molecule has 39 heavy (non-hydrogen) atoms. The Morgan fingerprint density at radius 3 is 2.62 bits per heavy atom. The van der Waals surface area contributed by atoms with Crippen molar-refractivity contribution in [2.45, 2.75) is 6.18 Å². The highest BCUT2D eigenvalue weighted by Gasteiger charge is 2.35. The summed E-state index contributed by atoms with van der Waals surface area (Å²) >= 11 is 5.79. The average molecular weight is 556 g/mol. The number of H-pyrrole nitrogens is 1. The van der Waals surface area contributed by atoms with E-state index in [1.807, 2.05) is 0 Å². The fourth-order valence-electron chi connectivity index (χ4n) is 3.69. The van der Waals surface area contributed by atoms with E-state index in [-0.39, 0.29) is 28.4 Å². The Labute approximate surface area is 222 Å². The second-order valence-electron chi connectivity index (χ2n) is 8.08. The number of anilines is 2. The number of benzene rings is 2. The molecule has 1 amide bonds. The maximum absolute atomic E-state index is 13.9. The number of fused-ring (bicyclic) bond motifs is 1. The molecular weight excluding hydrogens is 539 g/mol. The molecule has 0 radical (unpaired) electrons. The number of hydrogen-bond donors (Lipinski definition) is 3. The summed E-state index contributed by atoms with van der Waals surface area (Å²) < 4.78 is 48.1. The standard InChI is InChI=1S/C25H17ClF3N7O3/c1-30-23(38)19-12-15(8-9-31-19)39-14-3-4-17-18(11-14)34-24(33-17)32-13-2-5-20(16(10-13)25(27,28)29)36-22(37)7-6-21(26)35-36/h2-12H,1H3,(H,30,38)(H2,32,33,34). The van der Waals surface area contributed by atoms with Crippen molar-refractivity contribution in [1.29, 1.82) is 0 Å². The third-order valence-corrected chi connectivity index (χ3v) is 5.64. The lowest BCUT2D eigenvalue weighted by Gasteiger charge is -2.15. The Morgan fingerprint density at radius 1 is 1.05 bits per heavy atom. The third kappa shape index (κ3) is 5.52. The number of amides is 1. The van der Waals surface area contributed by atoms with E-state index in [1.165, 1.54) is 31.4 Å². The highest BCUT2D eigenvalue weighted by molar-refractivity contribution is 6.29. The van der Waals surface area contributed by atoms with Gasteiger partial charge < -0.3 is 20.4 Å². The quantitative estimate of drug-likeness (QED) is 0.267. The predicted molar refractivity (Wildman–Crippen MR) is 137 cm³/mol. The Hall–Kier alpha value is -4.91. The van der Waals surface area contributed by atoms with Crippen LogP contribution < -0.4 is 20.9 Å². The van der Waals surface area contributed by atoms with Gasteiger partial charge in [0.05, 0.1) is 22.3 Å². The molecule has 0 atom stereocenters. The van der Waals surface area contributed by atoms with Gasteiger partial charge >= 0.3 is 6.18 Å². The number of rotatable bonds is 6. The van der Waals surface area contributed by atoms with Crippen molar-refractivity contribution in [3.63, 3.8) is 0 Å². The molecule has 198 valence electrons. The van der Waals surface area contributed by atoms with E-state index in [0.717, 1.165) is 18.2 Å². The van der Waals surface area contributed by atoms with Crippen LogP contribution in [0.1, 0.15) is 16.1 Å². The molecule has 3 heterocycles. The van der Waals surface area contributed by atoms with Gasteiger partial charge in [-0.1, -0.05) is 11.6 Å². The van der Waals surface area contributed by atoms with Crippen LogP contribution in [0, 0.1) is 0 Å². The summed E-state index contributed by atoms with van der Waals surface area (Å²) in [5.41, 5.74) is -1.02. The molecule has 0 aliphatic heterocycles. The molecule has 2 aromatic carbocycles. The molecule has 0 unspecified atom stereocenters. The molecule has 5 rings (SSSR count). The van der Waals surface area contributed by atoms with Gasteiger partial charge in [-0.2, -0.15) is 23.0 Å². The first-order valence-electron chi connectivity index (χ1n) is 11.2. The van der Waals surface area contributed by atoms with Gasteiger partial charge in [-0.3, -0.25) is 14.6 Å². The first-order chi connectivity index (χ1) is 18.6. The van der Waals surface area contributed by atoms with E-state index in [2.05, 4.69) is 30.7 Å². The lowest BCUT2D eigenvalue weighted by Crippen LogP contribution is -2.23. The fourth-order valence-corrected chi connectivity index (χ4v) is 3.83. The Morgan fingerprint density at radius 2 is 1.85 bits per heavy atom. The van der Waals surface area contributed by atoms with E-state index in [1.54, 1.807) is 24.3 Å². The maximum Gasteiger partial charge on any atom is 0.418 e. The summed E-state index contributed by atoms with van der Waals surface area (Å²) in [6, 6.07) is 13.6. The lowest BCUT2D eigenvalue weighted by molar-refractivity contribution is -0.137. The number of aromatic amines is 1. The zero-order valence-electron chi connectivity index (χ0n) is 19.9. The number of pyridine rings is 1. The molecule has 0 aliphatic rings. The zero-order chi connectivity index (χ0) is 27.7. The smallest absolute Gasteiger partial charge is 0.418 e. The van der Waals surface area contributed by atoms with Crippen molar-refractivity contribution in [3.8, 4) is 17.2 Å². The van der Waals surface area contributed by atoms with Gasteiger partial charge in [0, 0.05) is 37.1 Å². The first kappa shape index (κ1) is 25.7. The number of ether oxygens (including phenoxy) is 1. The molecule has 10 nitrogen and oxygen atoms in total. The predicted octanol–water partition coefficient (Wildman–Crippen LogP) is 5.07. The summed E-state index contributed by atoms with van der Waals surface area (Å²) in [6.07, 6.45) is -3.35. The van der Waals surface area contributed by atoms with Gasteiger partial charge in [0.15, 0.2) is 0 Å². The lowest BCUT2D eigenvalue weighted by atomic mass is 10.1. The minimum absolute atomic E-state index is 0.0650. The van der Waals surface area contributed by atoms with Crippen LogP contribution in [0.15, 0.2) is 71.7 Å². The van der Waals surface area contributed by atoms with Crippen molar-refractivity contribution in [2.75, 3.05) is 12.4 Å². The van der Waals surface area contributed by atoms with Gasteiger partial charge in [0.1, 0.15) is 22.3 Å². The van der Waals surface area contributed by atoms with E-state index in [4.69, 9.17) is 16.3 Å². The summed E-state index contributed by atoms with van der Waals surface area (Å²) in [6.45, 7) is 0. The largest absolute Gasteiger partial charge is 0.457 e. The minimum Gasteiger partial charge on any atom is -0.457 e. The maximum atomic E-state index is 13.9. The Kier molecular flexibility index (Phi) is 6.66. The summed E-state index contributed by atoms with van der Waals surface area (Å²) in [5, 5.41) is 8.87. The molecule has 5 aromatic rings. The molecule has 0 bridgehead atoms. The van der Waals surface area contributed by atoms with Gasteiger partial charge in [-0.15, -0.1) is 0 Å². The number of halogens is 4. The van der Waals surface area contributed by atoms with E-state index >= 15 is 0 Å². The molecule has 0 fully saturated rings. The third-order valence-electron chi connectivity index (χ3n) is 5.44. The van der Waals surface area contributed by atoms with E-state index < -0.39 is 23.0 Å². The van der Waals surface area contributed by atoms with Crippen molar-refractivity contribution < 1.29 is 22.7 Å². The van der Waals surface area contributed by atoms with Gasteiger partial charge in [-0.05, 0) is 42.5 Å². The SMILES string of the molecule is CNC(=O)c1cc(Oc2ccc3[nH]c(Nc4ccc(-n5nc(Cl)ccc5=O)c(C(F)(F)F)c4)nc3c2)ccn1. The molecule has 14 heteroatoms. The van der Waals surface area contributed by atoms with Crippen LogP contribution in [0.5, 0.6) is 11.5 Å². The molecule has 0 aliphatic carbocycles. The number of nitrogens with zero attached hydrogens (tertiary/aromatic N) is 4. The number of alkyl halides is 3. The van der Waals surface area contributed by atoms with E-state index in [9.17, 15) is 22.8 Å². The molecule has 3 N–H and O–H groups in total. The topological polar surface area (TPSA) is 127 Å². The van der Waals surface area contributed by atoms with Gasteiger partial charge in [0.2, 0.25) is 5.95 Å². The average Bonchev–Trinajstić information content (AvgIpc) is 3.31. The van der Waals surface area contributed by atoms with Crippen LogP contribution >= 0.6 is 11.6 Å². The van der Waals surface area contributed by atoms with Gasteiger partial charge in [-0.25, -0.2) is 4.98 Å². The zero-order valence-corrected chi connectivity index (χ0v) is 20.6. The number of imidazole rings is 1. The first-order valence-corrected chi connectivity index (χ1v) is 11.6. The molecule has 0 saturated heterocycles. The normalized spacial score (nSPS) is 11.4. The fraction of sp³-hybridized carbons (Fsp3) is 0.0800. The minimum atomic E-state index is -4.79. The summed E-state index contributed by atoms with van der Waals surface area (Å²) in [7, 11) is 1.49. The van der Waals surface area contributed by atoms with Gasteiger partial charge in [0.25, 0.3) is 11.5 Å². The highest BCUT2D eigenvalue weighted by atomic mass is 35.5. The van der Waals surface area contributed by atoms with Crippen LogP contribution in [0.25, 0.3) is 16.7 Å². The van der Waals surface area contributed by atoms with E-state index in [0.29, 0.717) is 27.2 Å². The molecular formula is C25H17ClF3N7O3. The number of hydrogen-bond acceptors (Lipinski definition) is 7. The van der Waals surface area contributed by atoms with Crippen LogP contribution in [0.3, 0.4) is 0 Å². The molecule has 0 spiro atoms. The molecule has 3 aromatic heterocycles. The van der Waals surface area contributed by atoms with Crippen molar-refractivity contribution in [1.82, 2.24) is 30.0 Å². The summed E-state index contributed by atoms with van der Waals surface area (Å²) in [5.74, 6) is 0.603. The molecule has 0 saturated carbocycles. The van der Waals surface area contributed by atoms with Crippen molar-refractivity contribution in [3.05, 3.63) is 93.6 Å². The van der Waals surface area contributed by atoms with Crippen LogP contribution in [0.2, 0.25) is 5.15 Å². The Bertz CT molecular complexity index is 1770. The monoisotopic (exact) mass is 555 g/mol.